The van der Waals surface area contributed by atoms with Gasteiger partial charge in [-0.1, -0.05) is 116 Å². The summed E-state index contributed by atoms with van der Waals surface area (Å²) >= 11 is 0. The molecule has 4 nitrogen and oxygen atoms in total. The molecule has 0 rings (SSSR count). The van der Waals surface area contributed by atoms with Crippen LogP contribution in [-0.2, 0) is 10.1 Å². The fraction of sp³-hybridized carbons (Fsp3) is 1.00. The predicted octanol–water partition coefficient (Wildman–Crippen LogP) is 4.11. The van der Waals surface area contributed by atoms with E-state index in [2.05, 4.69) is 6.92 Å². The van der Waals surface area contributed by atoms with Gasteiger partial charge in [0.05, 0.1) is 16.2 Å². The van der Waals surface area contributed by atoms with Gasteiger partial charge >= 0.3 is 29.6 Å². The van der Waals surface area contributed by atoms with Crippen LogP contribution >= 0.6 is 0 Å². The van der Waals surface area contributed by atoms with Crippen LogP contribution in [0.4, 0.5) is 0 Å². The third-order valence-corrected chi connectivity index (χ3v) is 7.22. The van der Waals surface area contributed by atoms with E-state index in [4.69, 9.17) is 0 Å². The van der Waals surface area contributed by atoms with Crippen molar-refractivity contribution in [3.05, 3.63) is 0 Å². The van der Waals surface area contributed by atoms with E-state index >= 15 is 0 Å². The van der Waals surface area contributed by atoms with Gasteiger partial charge in [-0.25, -0.2) is 8.42 Å². The number of hydrogen-bond acceptors (Lipinski definition) is 4. The zero-order valence-electron chi connectivity index (χ0n) is 20.4. The van der Waals surface area contributed by atoms with Crippen molar-refractivity contribution < 1.29 is 47.6 Å². The van der Waals surface area contributed by atoms with Crippen LogP contribution in [0.1, 0.15) is 142 Å². The van der Waals surface area contributed by atoms with Crippen LogP contribution < -0.4 is 29.6 Å². The Hall–Kier alpha value is 0.870. The van der Waals surface area contributed by atoms with Gasteiger partial charge in [0, 0.05) is 5.25 Å². The molecule has 0 fully saturated rings. The van der Waals surface area contributed by atoms with Crippen LogP contribution in [0.15, 0.2) is 0 Å². The molecule has 0 aromatic rings. The van der Waals surface area contributed by atoms with Gasteiger partial charge in [0.15, 0.2) is 0 Å². The number of rotatable bonds is 22. The van der Waals surface area contributed by atoms with Crippen LogP contribution in [0.2, 0.25) is 0 Å². The number of unbranched alkanes of at least 4 members (excludes halogenated alkanes) is 15. The smallest absolute Gasteiger partial charge is 0.748 e. The van der Waals surface area contributed by atoms with Crippen LogP contribution in [0.3, 0.4) is 0 Å². The van der Waals surface area contributed by atoms with E-state index in [1.165, 1.54) is 51.4 Å². The first-order valence-corrected chi connectivity index (χ1v) is 14.0. The number of aliphatic hydroxyl groups is 1. The zero-order chi connectivity index (χ0) is 21.8. The summed E-state index contributed by atoms with van der Waals surface area (Å²) in [6.07, 6.45) is 21.5. The first-order valence-electron chi connectivity index (χ1n) is 12.5. The maximum absolute atomic E-state index is 11.5. The van der Waals surface area contributed by atoms with Gasteiger partial charge in [0.1, 0.15) is 0 Å². The Morgan fingerprint density at radius 2 is 0.933 bits per heavy atom. The minimum Gasteiger partial charge on any atom is -0.748 e. The summed E-state index contributed by atoms with van der Waals surface area (Å²) in [5, 5.41) is 8.54. The second-order valence-corrected chi connectivity index (χ2v) is 10.6. The summed E-state index contributed by atoms with van der Waals surface area (Å²) < 4.78 is 34.6. The Morgan fingerprint density at radius 1 is 0.633 bits per heavy atom. The fourth-order valence-electron chi connectivity index (χ4n) is 3.99. The molecule has 0 saturated carbocycles. The SMILES string of the molecule is CCCCCCCCCCCCCC(CCCCCCCCC(C)O)S(=O)(=O)[O-].[Na+]. The third-order valence-electron chi connectivity index (χ3n) is 5.94. The molecule has 0 aromatic heterocycles. The summed E-state index contributed by atoms with van der Waals surface area (Å²) in [4.78, 5) is 0. The van der Waals surface area contributed by atoms with Crippen LogP contribution in [-0.4, -0.2) is 29.4 Å². The Balaban J connectivity index is 0. The largest absolute Gasteiger partial charge is 1.00 e. The van der Waals surface area contributed by atoms with Gasteiger partial charge in [-0.15, -0.1) is 0 Å². The number of aliphatic hydroxyl groups excluding tert-OH is 1. The predicted molar refractivity (Wildman–Crippen MR) is 123 cm³/mol. The minimum absolute atomic E-state index is 0. The molecule has 2 unspecified atom stereocenters. The van der Waals surface area contributed by atoms with Gasteiger partial charge < -0.3 is 9.66 Å². The molecule has 0 bridgehead atoms. The molecule has 0 saturated heterocycles. The van der Waals surface area contributed by atoms with E-state index in [0.29, 0.717) is 12.8 Å². The van der Waals surface area contributed by atoms with E-state index in [9.17, 15) is 18.1 Å². The Kier molecular flexibility index (Phi) is 25.4. The van der Waals surface area contributed by atoms with Gasteiger partial charge in [0.2, 0.25) is 0 Å². The first-order chi connectivity index (χ1) is 13.9. The fourth-order valence-corrected chi connectivity index (χ4v) is 4.90. The molecule has 0 radical (unpaired) electrons. The van der Waals surface area contributed by atoms with Crippen molar-refractivity contribution in [3.8, 4) is 0 Å². The molecular weight excluding hydrogens is 407 g/mol. The molecule has 1 N–H and O–H groups in total. The first kappa shape index (κ1) is 33.0. The summed E-state index contributed by atoms with van der Waals surface area (Å²) in [6, 6.07) is 0. The van der Waals surface area contributed by atoms with Gasteiger partial charge in [0.25, 0.3) is 0 Å². The molecule has 0 spiro atoms. The van der Waals surface area contributed by atoms with E-state index < -0.39 is 15.4 Å². The molecule has 2 atom stereocenters. The molecular formula is C24H49NaO4S. The molecule has 0 heterocycles. The maximum Gasteiger partial charge on any atom is 1.00 e. The van der Waals surface area contributed by atoms with E-state index in [1.807, 2.05) is 6.92 Å². The second kappa shape index (κ2) is 23.0. The van der Waals surface area contributed by atoms with Crippen molar-refractivity contribution in [1.29, 1.82) is 0 Å². The summed E-state index contributed by atoms with van der Waals surface area (Å²) in [6.45, 7) is 4.06. The molecule has 0 aliphatic carbocycles. The van der Waals surface area contributed by atoms with E-state index in [0.717, 1.165) is 64.2 Å². The third kappa shape index (κ3) is 23.5. The standard InChI is InChI=1S/C24H50O4S.Na/c1-3-4-5-6-7-8-9-10-11-15-18-21-24(29(26,27)28)22-19-16-13-12-14-17-20-23(2)25;/h23-25H,3-22H2,1-2H3,(H,26,27,28);/q;+1/p-1. The molecule has 0 aliphatic rings. The zero-order valence-corrected chi connectivity index (χ0v) is 23.2. The normalized spacial score (nSPS) is 13.7. The Morgan fingerprint density at radius 3 is 1.23 bits per heavy atom. The topological polar surface area (TPSA) is 77.4 Å². The van der Waals surface area contributed by atoms with Crippen molar-refractivity contribution in [2.24, 2.45) is 0 Å². The molecule has 0 aliphatic heterocycles. The quantitative estimate of drug-likeness (QED) is 0.151. The average Bonchev–Trinajstić information content (AvgIpc) is 2.65. The van der Waals surface area contributed by atoms with Crippen LogP contribution in [0.5, 0.6) is 0 Å². The van der Waals surface area contributed by atoms with Crippen molar-refractivity contribution in [3.63, 3.8) is 0 Å². The Bertz CT molecular complexity index is 440. The summed E-state index contributed by atoms with van der Waals surface area (Å²) in [7, 11) is -4.17. The minimum atomic E-state index is -4.17. The number of hydrogen-bond donors (Lipinski definition) is 1. The average molecular weight is 457 g/mol. The molecule has 6 heteroatoms. The van der Waals surface area contributed by atoms with Crippen molar-refractivity contribution >= 4 is 10.1 Å². The van der Waals surface area contributed by atoms with Crippen molar-refractivity contribution in [1.82, 2.24) is 0 Å². The van der Waals surface area contributed by atoms with E-state index in [-0.39, 0.29) is 35.7 Å². The Labute approximate surface area is 210 Å². The van der Waals surface area contributed by atoms with Crippen molar-refractivity contribution in [2.75, 3.05) is 0 Å². The monoisotopic (exact) mass is 456 g/mol. The van der Waals surface area contributed by atoms with Gasteiger partial charge in [-0.05, 0) is 26.2 Å². The van der Waals surface area contributed by atoms with Gasteiger partial charge in [-0.2, -0.15) is 0 Å². The summed E-state index contributed by atoms with van der Waals surface area (Å²) in [5.74, 6) is 0. The van der Waals surface area contributed by atoms with Gasteiger partial charge in [-0.3, -0.25) is 0 Å². The second-order valence-electron chi connectivity index (χ2n) is 8.99. The molecule has 0 amide bonds. The molecule has 176 valence electrons. The van der Waals surface area contributed by atoms with E-state index in [1.54, 1.807) is 0 Å². The van der Waals surface area contributed by atoms with Crippen LogP contribution in [0.25, 0.3) is 0 Å². The maximum atomic E-state index is 11.5. The molecule has 30 heavy (non-hydrogen) atoms. The van der Waals surface area contributed by atoms with Crippen LogP contribution in [0, 0.1) is 0 Å². The summed E-state index contributed by atoms with van der Waals surface area (Å²) in [5.41, 5.74) is 0. The van der Waals surface area contributed by atoms with Crippen molar-refractivity contribution in [2.45, 2.75) is 154 Å². The molecule has 0 aromatic carbocycles.